The summed E-state index contributed by atoms with van der Waals surface area (Å²) in [7, 11) is 0. The van der Waals surface area contributed by atoms with E-state index in [1.54, 1.807) is 12.4 Å². The Morgan fingerprint density at radius 3 is 2.67 bits per heavy atom. The Labute approximate surface area is 98.9 Å². The molecule has 0 fully saturated rings. The Balaban J connectivity index is 0.000000980. The van der Waals surface area contributed by atoms with Crippen molar-refractivity contribution < 1.29 is 5.48 Å². The molecule has 4 heteroatoms. The van der Waals surface area contributed by atoms with E-state index >= 15 is 0 Å². The molecule has 0 aliphatic heterocycles. The van der Waals surface area contributed by atoms with Gasteiger partial charge in [0, 0.05) is 11.6 Å². The lowest BCUT2D eigenvalue weighted by molar-refractivity contribution is 0.824. The molecule has 3 N–H and O–H groups in total. The molecule has 0 radical (unpaired) electrons. The lowest BCUT2D eigenvalue weighted by Gasteiger charge is -2.03. The Kier molecular flexibility index (Phi) is 5.59. The number of anilines is 1. The Morgan fingerprint density at radius 1 is 1.20 bits per heavy atom. The second kappa shape index (κ2) is 6.16. The molecule has 2 aromatic rings. The SMILES string of the molecule is Br.C=CNc1nccc2ccccc12.O. The maximum absolute atomic E-state index is 4.21. The van der Waals surface area contributed by atoms with E-state index in [1.165, 1.54) is 5.39 Å². The number of rotatable bonds is 2. The molecule has 2 rings (SSSR count). The van der Waals surface area contributed by atoms with Crippen LogP contribution in [0.15, 0.2) is 49.3 Å². The normalized spacial score (nSPS) is 8.53. The van der Waals surface area contributed by atoms with Crippen molar-refractivity contribution in [2.45, 2.75) is 0 Å². The van der Waals surface area contributed by atoms with Crippen LogP contribution in [0.3, 0.4) is 0 Å². The zero-order valence-corrected chi connectivity index (χ0v) is 9.82. The van der Waals surface area contributed by atoms with Crippen molar-refractivity contribution in [3.63, 3.8) is 0 Å². The van der Waals surface area contributed by atoms with Gasteiger partial charge < -0.3 is 10.8 Å². The number of fused-ring (bicyclic) bond motifs is 1. The molecule has 0 unspecified atom stereocenters. The van der Waals surface area contributed by atoms with Gasteiger partial charge in [-0.15, -0.1) is 17.0 Å². The molecule has 0 saturated heterocycles. The number of pyridine rings is 1. The second-order valence-corrected chi connectivity index (χ2v) is 2.73. The number of hydrogen-bond donors (Lipinski definition) is 1. The van der Waals surface area contributed by atoms with Crippen molar-refractivity contribution >= 4 is 33.6 Å². The lowest BCUT2D eigenvalue weighted by atomic mass is 10.1. The molecule has 0 amide bonds. The van der Waals surface area contributed by atoms with Crippen molar-refractivity contribution in [3.8, 4) is 0 Å². The largest absolute Gasteiger partial charge is 0.412 e. The summed E-state index contributed by atoms with van der Waals surface area (Å²) >= 11 is 0. The molecule has 0 saturated carbocycles. The van der Waals surface area contributed by atoms with Crippen molar-refractivity contribution in [2.24, 2.45) is 0 Å². The fourth-order valence-electron chi connectivity index (χ4n) is 1.33. The fraction of sp³-hybridized carbons (Fsp3) is 0. The Morgan fingerprint density at radius 2 is 1.93 bits per heavy atom. The smallest absolute Gasteiger partial charge is 0.137 e. The monoisotopic (exact) mass is 268 g/mol. The minimum absolute atomic E-state index is 0. The minimum Gasteiger partial charge on any atom is -0.412 e. The average Bonchev–Trinajstić information content (AvgIpc) is 2.19. The summed E-state index contributed by atoms with van der Waals surface area (Å²) in [5.41, 5.74) is 0. The van der Waals surface area contributed by atoms with E-state index in [4.69, 9.17) is 0 Å². The molecular formula is C11H13BrN2O. The summed E-state index contributed by atoms with van der Waals surface area (Å²) in [5, 5.41) is 5.30. The molecule has 1 heterocycles. The van der Waals surface area contributed by atoms with Crippen LogP contribution in [-0.2, 0) is 0 Å². The highest BCUT2D eigenvalue weighted by molar-refractivity contribution is 8.93. The van der Waals surface area contributed by atoms with Crippen LogP contribution in [0.5, 0.6) is 0 Å². The van der Waals surface area contributed by atoms with Gasteiger partial charge in [0.1, 0.15) is 5.82 Å². The van der Waals surface area contributed by atoms with E-state index in [-0.39, 0.29) is 22.5 Å². The summed E-state index contributed by atoms with van der Waals surface area (Å²) in [6.45, 7) is 3.61. The molecule has 0 aliphatic carbocycles. The maximum Gasteiger partial charge on any atom is 0.137 e. The van der Waals surface area contributed by atoms with Crippen LogP contribution in [0.4, 0.5) is 5.82 Å². The highest BCUT2D eigenvalue weighted by Gasteiger charge is 1.97. The molecule has 15 heavy (non-hydrogen) atoms. The van der Waals surface area contributed by atoms with Crippen molar-refractivity contribution in [1.29, 1.82) is 0 Å². The van der Waals surface area contributed by atoms with Crippen LogP contribution >= 0.6 is 17.0 Å². The summed E-state index contributed by atoms with van der Waals surface area (Å²) in [5.74, 6) is 0.855. The summed E-state index contributed by atoms with van der Waals surface area (Å²) in [6, 6.07) is 10.1. The van der Waals surface area contributed by atoms with Crippen LogP contribution in [0.1, 0.15) is 0 Å². The van der Waals surface area contributed by atoms with Crippen molar-refractivity contribution in [2.75, 3.05) is 5.32 Å². The van der Waals surface area contributed by atoms with Crippen LogP contribution in [0.2, 0.25) is 0 Å². The van der Waals surface area contributed by atoms with Gasteiger partial charge in [0.25, 0.3) is 0 Å². The van der Waals surface area contributed by atoms with Crippen LogP contribution < -0.4 is 5.32 Å². The predicted molar refractivity (Wildman–Crippen MR) is 69.5 cm³/mol. The van der Waals surface area contributed by atoms with Gasteiger partial charge in [-0.05, 0) is 17.7 Å². The van der Waals surface area contributed by atoms with Crippen LogP contribution in [0.25, 0.3) is 10.8 Å². The number of halogens is 1. The Bertz CT molecular complexity index is 440. The molecule has 80 valence electrons. The van der Waals surface area contributed by atoms with Gasteiger partial charge in [-0.1, -0.05) is 30.8 Å². The van der Waals surface area contributed by atoms with Gasteiger partial charge in [0.05, 0.1) is 0 Å². The van der Waals surface area contributed by atoms with Gasteiger partial charge in [-0.3, -0.25) is 0 Å². The van der Waals surface area contributed by atoms with Gasteiger partial charge in [-0.25, -0.2) is 4.98 Å². The first-order valence-electron chi connectivity index (χ1n) is 4.13. The van der Waals surface area contributed by atoms with Crippen molar-refractivity contribution in [3.05, 3.63) is 49.3 Å². The van der Waals surface area contributed by atoms with E-state index in [0.717, 1.165) is 11.2 Å². The standard InChI is InChI=1S/C11H10N2.BrH.H2O/c1-2-12-11-10-6-4-3-5-9(10)7-8-13-11;;/h2-8H,1H2,(H,12,13);1H;1H2. The highest BCUT2D eigenvalue weighted by atomic mass is 79.9. The number of aromatic nitrogens is 1. The van der Waals surface area contributed by atoms with Crippen LogP contribution in [-0.4, -0.2) is 10.5 Å². The Hall–Kier alpha value is -1.39. The molecule has 0 atom stereocenters. The molecule has 0 bridgehead atoms. The third-order valence-corrected chi connectivity index (χ3v) is 1.91. The summed E-state index contributed by atoms with van der Waals surface area (Å²) in [6.07, 6.45) is 3.42. The third-order valence-electron chi connectivity index (χ3n) is 1.91. The third kappa shape index (κ3) is 2.78. The topological polar surface area (TPSA) is 56.4 Å². The van der Waals surface area contributed by atoms with Crippen LogP contribution in [0, 0.1) is 0 Å². The first-order chi connectivity index (χ1) is 6.42. The van der Waals surface area contributed by atoms with E-state index in [1.807, 2.05) is 24.3 Å². The minimum atomic E-state index is 0. The number of nitrogens with zero attached hydrogens (tertiary/aromatic N) is 1. The summed E-state index contributed by atoms with van der Waals surface area (Å²) < 4.78 is 0. The lowest BCUT2D eigenvalue weighted by Crippen LogP contribution is -1.90. The second-order valence-electron chi connectivity index (χ2n) is 2.73. The number of hydrogen-bond acceptors (Lipinski definition) is 2. The zero-order valence-electron chi connectivity index (χ0n) is 8.10. The molecular weight excluding hydrogens is 256 g/mol. The fourth-order valence-corrected chi connectivity index (χ4v) is 1.33. The molecule has 3 nitrogen and oxygen atoms in total. The van der Waals surface area contributed by atoms with Gasteiger partial charge >= 0.3 is 0 Å². The van der Waals surface area contributed by atoms with Gasteiger partial charge in [-0.2, -0.15) is 0 Å². The first kappa shape index (κ1) is 13.6. The van der Waals surface area contributed by atoms with E-state index in [2.05, 4.69) is 22.9 Å². The van der Waals surface area contributed by atoms with Crippen molar-refractivity contribution in [1.82, 2.24) is 4.98 Å². The average molecular weight is 269 g/mol. The van der Waals surface area contributed by atoms with E-state index < -0.39 is 0 Å². The zero-order chi connectivity index (χ0) is 9.10. The maximum atomic E-state index is 4.21. The van der Waals surface area contributed by atoms with Gasteiger partial charge in [0.15, 0.2) is 0 Å². The number of benzene rings is 1. The molecule has 1 aromatic carbocycles. The van der Waals surface area contributed by atoms with E-state index in [9.17, 15) is 0 Å². The molecule has 0 aliphatic rings. The van der Waals surface area contributed by atoms with E-state index in [0.29, 0.717) is 0 Å². The first-order valence-corrected chi connectivity index (χ1v) is 4.13. The number of nitrogens with one attached hydrogen (secondary N) is 1. The predicted octanol–water partition coefficient (Wildman–Crippen LogP) is 2.54. The molecule has 1 aromatic heterocycles. The summed E-state index contributed by atoms with van der Waals surface area (Å²) in [4.78, 5) is 4.21. The highest BCUT2D eigenvalue weighted by Crippen LogP contribution is 2.19. The molecule has 0 spiro atoms. The quantitative estimate of drug-likeness (QED) is 0.910. The van der Waals surface area contributed by atoms with Gasteiger partial charge in [0.2, 0.25) is 0 Å².